The Kier molecular flexibility index (Phi) is 3.38. The van der Waals surface area contributed by atoms with Crippen LogP contribution in [-0.2, 0) is 6.42 Å². The van der Waals surface area contributed by atoms with E-state index in [1.54, 1.807) is 0 Å². The molecule has 17 heavy (non-hydrogen) atoms. The van der Waals surface area contributed by atoms with E-state index in [0.29, 0.717) is 6.42 Å². The molecule has 2 aromatic rings. The predicted octanol–water partition coefficient (Wildman–Crippen LogP) is 3.73. The SMILES string of the molecule is Cc1cccc(C(=O)Cc2ccccc2)c1C. The van der Waals surface area contributed by atoms with Gasteiger partial charge in [0.2, 0.25) is 0 Å². The number of hydrogen-bond donors (Lipinski definition) is 0. The number of ketones is 1. The second kappa shape index (κ2) is 4.96. The Bertz CT molecular complexity index is 526. The van der Waals surface area contributed by atoms with Crippen molar-refractivity contribution < 1.29 is 4.79 Å². The maximum Gasteiger partial charge on any atom is 0.167 e. The average molecular weight is 224 g/mol. The molecule has 0 spiro atoms. The monoisotopic (exact) mass is 224 g/mol. The van der Waals surface area contributed by atoms with E-state index in [0.717, 1.165) is 16.7 Å². The van der Waals surface area contributed by atoms with Gasteiger partial charge in [-0.25, -0.2) is 0 Å². The molecule has 0 saturated carbocycles. The van der Waals surface area contributed by atoms with E-state index in [1.165, 1.54) is 5.56 Å². The van der Waals surface area contributed by atoms with Crippen LogP contribution in [0, 0.1) is 13.8 Å². The van der Waals surface area contributed by atoms with Crippen LogP contribution < -0.4 is 0 Å². The molecule has 0 atom stereocenters. The Morgan fingerprint density at radius 2 is 1.65 bits per heavy atom. The lowest BCUT2D eigenvalue weighted by atomic mass is 9.96. The van der Waals surface area contributed by atoms with E-state index in [1.807, 2.05) is 62.4 Å². The van der Waals surface area contributed by atoms with Crippen LogP contribution in [0.4, 0.5) is 0 Å². The minimum absolute atomic E-state index is 0.192. The first-order valence-electron chi connectivity index (χ1n) is 5.82. The normalized spacial score (nSPS) is 10.2. The highest BCUT2D eigenvalue weighted by Gasteiger charge is 2.10. The molecular weight excluding hydrogens is 208 g/mol. The number of rotatable bonds is 3. The van der Waals surface area contributed by atoms with Gasteiger partial charge >= 0.3 is 0 Å². The third-order valence-electron chi connectivity index (χ3n) is 3.11. The molecule has 2 aromatic carbocycles. The molecule has 0 radical (unpaired) electrons. The van der Waals surface area contributed by atoms with Crippen LogP contribution >= 0.6 is 0 Å². The number of Topliss-reactive ketones (excluding diaryl/α,β-unsaturated/α-hetero) is 1. The van der Waals surface area contributed by atoms with Gasteiger partial charge in [0.05, 0.1) is 0 Å². The van der Waals surface area contributed by atoms with E-state index in [2.05, 4.69) is 0 Å². The van der Waals surface area contributed by atoms with Gasteiger partial charge in [-0.15, -0.1) is 0 Å². The van der Waals surface area contributed by atoms with Gasteiger partial charge in [-0.1, -0.05) is 48.5 Å². The largest absolute Gasteiger partial charge is 0.294 e. The average Bonchev–Trinajstić information content (AvgIpc) is 2.34. The highest BCUT2D eigenvalue weighted by molar-refractivity contribution is 5.99. The molecule has 0 N–H and O–H groups in total. The molecule has 0 aromatic heterocycles. The van der Waals surface area contributed by atoms with Crippen LogP contribution in [0.15, 0.2) is 48.5 Å². The Labute approximate surface area is 102 Å². The smallest absolute Gasteiger partial charge is 0.167 e. The molecule has 0 aliphatic heterocycles. The van der Waals surface area contributed by atoms with Crippen molar-refractivity contribution in [2.75, 3.05) is 0 Å². The molecule has 0 unspecified atom stereocenters. The summed E-state index contributed by atoms with van der Waals surface area (Å²) in [6.07, 6.45) is 0.477. The van der Waals surface area contributed by atoms with Gasteiger partial charge in [-0.05, 0) is 30.5 Å². The minimum Gasteiger partial charge on any atom is -0.294 e. The molecule has 0 aliphatic carbocycles. The first-order valence-corrected chi connectivity index (χ1v) is 5.82. The maximum atomic E-state index is 12.2. The fourth-order valence-corrected chi connectivity index (χ4v) is 1.93. The topological polar surface area (TPSA) is 17.1 Å². The van der Waals surface area contributed by atoms with E-state index in [9.17, 15) is 4.79 Å². The van der Waals surface area contributed by atoms with Crippen molar-refractivity contribution in [3.05, 3.63) is 70.8 Å². The molecule has 2 rings (SSSR count). The van der Waals surface area contributed by atoms with E-state index >= 15 is 0 Å². The summed E-state index contributed by atoms with van der Waals surface area (Å²) < 4.78 is 0. The third kappa shape index (κ3) is 2.62. The van der Waals surface area contributed by atoms with Crippen molar-refractivity contribution >= 4 is 5.78 Å². The Morgan fingerprint density at radius 3 is 2.35 bits per heavy atom. The van der Waals surface area contributed by atoms with Crippen LogP contribution in [-0.4, -0.2) is 5.78 Å². The first kappa shape index (κ1) is 11.6. The van der Waals surface area contributed by atoms with Gasteiger partial charge in [0.15, 0.2) is 5.78 Å². The Morgan fingerprint density at radius 1 is 0.941 bits per heavy atom. The van der Waals surface area contributed by atoms with Gasteiger partial charge < -0.3 is 0 Å². The van der Waals surface area contributed by atoms with Gasteiger partial charge in [-0.3, -0.25) is 4.79 Å². The summed E-state index contributed by atoms with van der Waals surface area (Å²) >= 11 is 0. The maximum absolute atomic E-state index is 12.2. The summed E-state index contributed by atoms with van der Waals surface area (Å²) in [7, 11) is 0. The van der Waals surface area contributed by atoms with Crippen molar-refractivity contribution in [2.24, 2.45) is 0 Å². The van der Waals surface area contributed by atoms with E-state index in [-0.39, 0.29) is 5.78 Å². The number of carbonyl (C=O) groups is 1. The molecule has 86 valence electrons. The van der Waals surface area contributed by atoms with Crippen molar-refractivity contribution in [1.29, 1.82) is 0 Å². The molecule has 1 nitrogen and oxygen atoms in total. The van der Waals surface area contributed by atoms with Crippen LogP contribution in [0.5, 0.6) is 0 Å². The Balaban J connectivity index is 2.24. The third-order valence-corrected chi connectivity index (χ3v) is 3.11. The highest BCUT2D eigenvalue weighted by Crippen LogP contribution is 2.15. The summed E-state index contributed by atoms with van der Waals surface area (Å²) in [5.41, 5.74) is 4.17. The van der Waals surface area contributed by atoms with E-state index < -0.39 is 0 Å². The van der Waals surface area contributed by atoms with Gasteiger partial charge in [-0.2, -0.15) is 0 Å². The lowest BCUT2D eigenvalue weighted by molar-refractivity contribution is 0.0992. The van der Waals surface area contributed by atoms with Crippen molar-refractivity contribution in [2.45, 2.75) is 20.3 Å². The zero-order valence-corrected chi connectivity index (χ0v) is 10.2. The molecule has 1 heteroatoms. The molecule has 0 heterocycles. The predicted molar refractivity (Wildman–Crippen MR) is 70.4 cm³/mol. The Hall–Kier alpha value is -1.89. The molecule has 0 aliphatic rings. The summed E-state index contributed by atoms with van der Waals surface area (Å²) in [5, 5.41) is 0. The van der Waals surface area contributed by atoms with Gasteiger partial charge in [0.1, 0.15) is 0 Å². The molecule has 0 bridgehead atoms. The standard InChI is InChI=1S/C16H16O/c1-12-7-6-10-15(13(12)2)16(17)11-14-8-4-3-5-9-14/h3-10H,11H2,1-2H3. The second-order valence-corrected chi connectivity index (χ2v) is 4.33. The molecule has 0 saturated heterocycles. The molecule has 0 fully saturated rings. The second-order valence-electron chi connectivity index (χ2n) is 4.33. The molecule has 0 amide bonds. The van der Waals surface area contributed by atoms with Crippen LogP contribution in [0.25, 0.3) is 0 Å². The summed E-state index contributed by atoms with van der Waals surface area (Å²) in [5.74, 6) is 0.192. The van der Waals surface area contributed by atoms with Crippen molar-refractivity contribution in [3.8, 4) is 0 Å². The zero-order valence-electron chi connectivity index (χ0n) is 10.2. The van der Waals surface area contributed by atoms with Crippen LogP contribution in [0.2, 0.25) is 0 Å². The van der Waals surface area contributed by atoms with Crippen LogP contribution in [0.3, 0.4) is 0 Å². The highest BCUT2D eigenvalue weighted by atomic mass is 16.1. The van der Waals surface area contributed by atoms with Gasteiger partial charge in [0.25, 0.3) is 0 Å². The van der Waals surface area contributed by atoms with Gasteiger partial charge in [0, 0.05) is 12.0 Å². The van der Waals surface area contributed by atoms with Crippen LogP contribution in [0.1, 0.15) is 27.0 Å². The van der Waals surface area contributed by atoms with E-state index in [4.69, 9.17) is 0 Å². The van der Waals surface area contributed by atoms with Crippen molar-refractivity contribution in [1.82, 2.24) is 0 Å². The fraction of sp³-hybridized carbons (Fsp3) is 0.188. The zero-order chi connectivity index (χ0) is 12.3. The summed E-state index contributed by atoms with van der Waals surface area (Å²) in [6.45, 7) is 4.04. The minimum atomic E-state index is 0.192. The number of benzene rings is 2. The number of hydrogen-bond acceptors (Lipinski definition) is 1. The lowest BCUT2D eigenvalue weighted by Crippen LogP contribution is -2.06. The summed E-state index contributed by atoms with van der Waals surface area (Å²) in [4.78, 5) is 12.2. The quantitative estimate of drug-likeness (QED) is 0.726. The fourth-order valence-electron chi connectivity index (χ4n) is 1.93. The number of aryl methyl sites for hydroxylation is 1. The summed E-state index contributed by atoms with van der Waals surface area (Å²) in [6, 6.07) is 15.8. The first-order chi connectivity index (χ1) is 8.18. The number of carbonyl (C=O) groups excluding carboxylic acids is 1. The molecular formula is C16H16O. The van der Waals surface area contributed by atoms with Crippen molar-refractivity contribution in [3.63, 3.8) is 0 Å². The lowest BCUT2D eigenvalue weighted by Gasteiger charge is -2.07.